The molecule has 0 unspecified atom stereocenters. The van der Waals surface area contributed by atoms with E-state index in [1.54, 1.807) is 32.9 Å². The van der Waals surface area contributed by atoms with Crippen molar-refractivity contribution in [1.82, 2.24) is 5.32 Å². The molecular weight excluding hydrogens is 339 g/mol. The van der Waals surface area contributed by atoms with Crippen LogP contribution in [-0.2, 0) is 9.47 Å². The summed E-state index contributed by atoms with van der Waals surface area (Å²) in [5.74, 6) is -0.453. The molecule has 122 valence electrons. The molecule has 0 radical (unpaired) electrons. The fraction of sp³-hybridized carbons (Fsp3) is 0.692. The Morgan fingerprint density at radius 3 is 2.33 bits per heavy atom. The van der Waals surface area contributed by atoms with Crippen molar-refractivity contribution in [2.45, 2.75) is 49.6 Å². The van der Waals surface area contributed by atoms with Gasteiger partial charge in [0.15, 0.2) is 0 Å². The number of rotatable bonds is 5. The van der Waals surface area contributed by atoms with Gasteiger partial charge in [0.1, 0.15) is 12.2 Å². The van der Waals surface area contributed by atoms with Crippen LogP contribution < -0.4 is 5.32 Å². The van der Waals surface area contributed by atoms with E-state index in [-0.39, 0.29) is 12.6 Å². The van der Waals surface area contributed by atoms with E-state index >= 15 is 0 Å². The minimum Gasteiger partial charge on any atom is -0.474 e. The van der Waals surface area contributed by atoms with Gasteiger partial charge in [0.05, 0.1) is 6.04 Å². The van der Waals surface area contributed by atoms with Crippen LogP contribution in [0.4, 0.5) is 4.79 Å². The molecule has 21 heavy (non-hydrogen) atoms. The van der Waals surface area contributed by atoms with Crippen molar-refractivity contribution in [2.24, 2.45) is 0 Å². The zero-order valence-corrected chi connectivity index (χ0v) is 14.8. The topological polar surface area (TPSA) is 71.4 Å². The molecule has 0 spiro atoms. The number of alkyl halides is 3. The standard InChI is InChI=1S/C13H21Cl3N2O3/c1-5-9(18-11(19)21-12(2,3)4)7-6-8-20-10(17)13(14,15)16/h6-7,9,17H,5,8H2,1-4H3,(H,18,19)/b7-6+,17-10?/t9-/m0/s1. The number of alkyl carbamates (subject to hydrolysis) is 1. The molecular formula is C13H21Cl3N2O3. The number of amides is 1. The molecule has 0 aliphatic carbocycles. The van der Waals surface area contributed by atoms with Gasteiger partial charge < -0.3 is 14.8 Å². The van der Waals surface area contributed by atoms with Crippen LogP contribution in [0.2, 0.25) is 0 Å². The average Bonchev–Trinajstić information content (AvgIpc) is 2.28. The fourth-order valence-electron chi connectivity index (χ4n) is 1.18. The quantitative estimate of drug-likeness (QED) is 0.334. The summed E-state index contributed by atoms with van der Waals surface area (Å²) in [4.78, 5) is 11.6. The third kappa shape index (κ3) is 10.7. The van der Waals surface area contributed by atoms with Crippen LogP contribution in [-0.4, -0.2) is 34.0 Å². The number of nitrogens with one attached hydrogen (secondary N) is 2. The third-order valence-corrected chi connectivity index (χ3v) is 2.61. The van der Waals surface area contributed by atoms with E-state index in [1.807, 2.05) is 6.92 Å². The van der Waals surface area contributed by atoms with Crippen molar-refractivity contribution in [2.75, 3.05) is 6.61 Å². The van der Waals surface area contributed by atoms with Crippen molar-refractivity contribution in [3.63, 3.8) is 0 Å². The first kappa shape index (κ1) is 20.3. The molecule has 0 aromatic heterocycles. The predicted molar refractivity (Wildman–Crippen MR) is 86.6 cm³/mol. The van der Waals surface area contributed by atoms with Gasteiger partial charge in [-0.2, -0.15) is 0 Å². The van der Waals surface area contributed by atoms with E-state index in [4.69, 9.17) is 49.7 Å². The summed E-state index contributed by atoms with van der Waals surface area (Å²) < 4.78 is 8.23. The van der Waals surface area contributed by atoms with Crippen LogP contribution >= 0.6 is 34.8 Å². The number of ether oxygens (including phenoxy) is 2. The summed E-state index contributed by atoms with van der Waals surface area (Å²) in [6.07, 6.45) is 3.55. The maximum absolute atomic E-state index is 11.6. The molecule has 0 aromatic carbocycles. The second-order valence-electron chi connectivity index (χ2n) is 5.23. The average molecular weight is 360 g/mol. The highest BCUT2D eigenvalue weighted by Crippen LogP contribution is 2.27. The van der Waals surface area contributed by atoms with E-state index < -0.39 is 21.4 Å². The van der Waals surface area contributed by atoms with Crippen LogP contribution in [0.15, 0.2) is 12.2 Å². The Hall–Kier alpha value is -0.650. The van der Waals surface area contributed by atoms with Crippen LogP contribution in [0, 0.1) is 5.41 Å². The van der Waals surface area contributed by atoms with E-state index in [2.05, 4.69) is 5.32 Å². The molecule has 0 aliphatic heterocycles. The van der Waals surface area contributed by atoms with Crippen molar-refractivity contribution >= 4 is 46.8 Å². The molecule has 0 saturated carbocycles. The van der Waals surface area contributed by atoms with Crippen LogP contribution in [0.5, 0.6) is 0 Å². The molecule has 1 atom stereocenters. The van der Waals surface area contributed by atoms with Crippen LogP contribution in [0.25, 0.3) is 0 Å². The third-order valence-electron chi connectivity index (χ3n) is 2.09. The van der Waals surface area contributed by atoms with Gasteiger partial charge in [0, 0.05) is 0 Å². The molecule has 0 aromatic rings. The normalized spacial score (nSPS) is 13.9. The maximum atomic E-state index is 11.6. The zero-order valence-electron chi connectivity index (χ0n) is 12.5. The summed E-state index contributed by atoms with van der Waals surface area (Å²) in [5, 5.41) is 10.0. The van der Waals surface area contributed by atoms with Crippen molar-refractivity contribution in [3.8, 4) is 0 Å². The molecule has 2 N–H and O–H groups in total. The highest BCUT2D eigenvalue weighted by atomic mass is 35.6. The Morgan fingerprint density at radius 2 is 1.90 bits per heavy atom. The Morgan fingerprint density at radius 1 is 1.33 bits per heavy atom. The first-order chi connectivity index (χ1) is 9.45. The predicted octanol–water partition coefficient (Wildman–Crippen LogP) is 4.21. The number of carbonyl (C=O) groups is 1. The summed E-state index contributed by atoms with van der Waals surface area (Å²) >= 11 is 16.4. The van der Waals surface area contributed by atoms with Gasteiger partial charge in [0.2, 0.25) is 5.90 Å². The highest BCUT2D eigenvalue weighted by Gasteiger charge is 2.28. The van der Waals surface area contributed by atoms with Gasteiger partial charge in [-0.1, -0.05) is 47.8 Å². The van der Waals surface area contributed by atoms with Gasteiger partial charge >= 0.3 is 6.09 Å². The SMILES string of the molecule is CC[C@@H](/C=C/COC(=N)C(Cl)(Cl)Cl)NC(=O)OC(C)(C)C. The summed E-state index contributed by atoms with van der Waals surface area (Å²) in [5.41, 5.74) is -0.547. The zero-order chi connectivity index (χ0) is 16.7. The Labute approximate surface area is 140 Å². The highest BCUT2D eigenvalue weighted by molar-refractivity contribution is 6.76. The van der Waals surface area contributed by atoms with Gasteiger partial charge in [0.25, 0.3) is 3.79 Å². The van der Waals surface area contributed by atoms with E-state index in [1.165, 1.54) is 0 Å². The molecule has 5 nitrogen and oxygen atoms in total. The smallest absolute Gasteiger partial charge is 0.408 e. The van der Waals surface area contributed by atoms with Crippen molar-refractivity contribution in [3.05, 3.63) is 12.2 Å². The summed E-state index contributed by atoms with van der Waals surface area (Å²) in [6, 6.07) is -0.203. The minimum atomic E-state index is -1.87. The van der Waals surface area contributed by atoms with E-state index in [9.17, 15) is 4.79 Å². The molecule has 0 rings (SSSR count). The Bertz CT molecular complexity index is 387. The lowest BCUT2D eigenvalue weighted by Gasteiger charge is -2.21. The Kier molecular flexibility index (Phi) is 8.44. The number of halogens is 3. The fourth-order valence-corrected chi connectivity index (χ4v) is 1.34. The maximum Gasteiger partial charge on any atom is 0.408 e. The monoisotopic (exact) mass is 358 g/mol. The van der Waals surface area contributed by atoms with Crippen LogP contribution in [0.3, 0.4) is 0 Å². The molecule has 0 saturated heterocycles. The van der Waals surface area contributed by atoms with Gasteiger partial charge in [-0.3, -0.25) is 5.41 Å². The minimum absolute atomic E-state index is 0.0687. The largest absolute Gasteiger partial charge is 0.474 e. The molecule has 0 heterocycles. The van der Waals surface area contributed by atoms with Gasteiger partial charge in [-0.25, -0.2) is 4.79 Å². The number of carbonyl (C=O) groups excluding carboxylic acids is 1. The van der Waals surface area contributed by atoms with E-state index in [0.29, 0.717) is 6.42 Å². The lowest BCUT2D eigenvalue weighted by atomic mass is 10.2. The summed E-state index contributed by atoms with van der Waals surface area (Å²) in [7, 11) is 0. The van der Waals surface area contributed by atoms with E-state index in [0.717, 1.165) is 0 Å². The summed E-state index contributed by atoms with van der Waals surface area (Å²) in [6.45, 7) is 7.36. The molecule has 0 aliphatic rings. The van der Waals surface area contributed by atoms with Crippen molar-refractivity contribution < 1.29 is 14.3 Å². The van der Waals surface area contributed by atoms with Gasteiger partial charge in [-0.05, 0) is 33.3 Å². The lowest BCUT2D eigenvalue weighted by Crippen LogP contribution is -2.38. The second-order valence-corrected chi connectivity index (χ2v) is 7.51. The number of hydrogen-bond donors (Lipinski definition) is 2. The first-order valence-corrected chi connectivity index (χ1v) is 7.53. The van der Waals surface area contributed by atoms with Gasteiger partial charge in [-0.15, -0.1) is 0 Å². The first-order valence-electron chi connectivity index (χ1n) is 6.40. The molecule has 0 fully saturated rings. The van der Waals surface area contributed by atoms with Crippen molar-refractivity contribution in [1.29, 1.82) is 5.41 Å². The lowest BCUT2D eigenvalue weighted by molar-refractivity contribution is 0.0513. The van der Waals surface area contributed by atoms with Crippen LogP contribution in [0.1, 0.15) is 34.1 Å². The Balaban J connectivity index is 4.23. The molecule has 1 amide bonds. The number of hydrogen-bond acceptors (Lipinski definition) is 4. The second kappa shape index (κ2) is 8.71. The molecule has 0 bridgehead atoms. The molecule has 8 heteroatoms.